The number of nitrogens with zero attached hydrogens (tertiary/aromatic N) is 2. The predicted molar refractivity (Wildman–Crippen MR) is 67.9 cm³/mol. The molecule has 0 aliphatic heterocycles. The molecule has 2 bridgehead atoms. The number of hydrogen-bond donors (Lipinski definition) is 2. The van der Waals surface area contributed by atoms with Gasteiger partial charge < -0.3 is 11.1 Å². The number of nitrogens with one attached hydrogen (secondary N) is 1. The van der Waals surface area contributed by atoms with E-state index in [0.29, 0.717) is 11.8 Å². The maximum Gasteiger partial charge on any atom is 0.224 e. The Hall–Kier alpha value is -1.43. The Labute approximate surface area is 114 Å². The summed E-state index contributed by atoms with van der Waals surface area (Å²) < 4.78 is 13.6. The van der Waals surface area contributed by atoms with Crippen LogP contribution in [0.25, 0.3) is 0 Å². The second-order valence-electron chi connectivity index (χ2n) is 5.27. The lowest BCUT2D eigenvalue weighted by molar-refractivity contribution is -0.123. The van der Waals surface area contributed by atoms with E-state index in [2.05, 4.69) is 15.3 Å². The first-order chi connectivity index (χ1) is 9.06. The van der Waals surface area contributed by atoms with Crippen molar-refractivity contribution in [2.45, 2.75) is 25.3 Å². The summed E-state index contributed by atoms with van der Waals surface area (Å²) in [6.07, 6.45) is 4.03. The molecule has 3 rings (SSSR count). The summed E-state index contributed by atoms with van der Waals surface area (Å²) in [6.45, 7) is 0. The average molecular weight is 285 g/mol. The second kappa shape index (κ2) is 4.59. The van der Waals surface area contributed by atoms with Crippen LogP contribution < -0.4 is 11.1 Å². The minimum Gasteiger partial charge on any atom is -0.369 e. The molecular weight excluding hydrogens is 271 g/mol. The molecular formula is C12H14ClFN4O. The van der Waals surface area contributed by atoms with Crippen molar-refractivity contribution < 1.29 is 9.18 Å². The third-order valence-electron chi connectivity index (χ3n) is 4.26. The lowest BCUT2D eigenvalue weighted by Gasteiger charge is -2.30. The Kier molecular flexibility index (Phi) is 3.05. The molecule has 102 valence electrons. The Morgan fingerprint density at radius 1 is 1.47 bits per heavy atom. The van der Waals surface area contributed by atoms with Crippen molar-refractivity contribution >= 4 is 23.3 Å². The zero-order valence-corrected chi connectivity index (χ0v) is 10.9. The van der Waals surface area contributed by atoms with Crippen LogP contribution in [0.2, 0.25) is 5.28 Å². The lowest BCUT2D eigenvalue weighted by atomic mass is 9.84. The van der Waals surface area contributed by atoms with Gasteiger partial charge in [-0.2, -0.15) is 4.98 Å². The first-order valence-corrected chi connectivity index (χ1v) is 6.68. The summed E-state index contributed by atoms with van der Waals surface area (Å²) in [4.78, 5) is 19.0. The van der Waals surface area contributed by atoms with Crippen LogP contribution in [0, 0.1) is 23.6 Å². The van der Waals surface area contributed by atoms with Gasteiger partial charge in [0, 0.05) is 6.04 Å². The zero-order chi connectivity index (χ0) is 13.6. The quantitative estimate of drug-likeness (QED) is 0.826. The lowest BCUT2D eigenvalue weighted by Crippen LogP contribution is -2.42. The molecule has 0 radical (unpaired) electrons. The summed E-state index contributed by atoms with van der Waals surface area (Å²) in [5.41, 5.74) is 5.46. The number of carbonyl (C=O) groups is 1. The monoisotopic (exact) mass is 284 g/mol. The number of halogens is 2. The highest BCUT2D eigenvalue weighted by Gasteiger charge is 2.50. The molecule has 0 spiro atoms. The van der Waals surface area contributed by atoms with Crippen LogP contribution in [0.4, 0.5) is 10.2 Å². The standard InChI is InChI=1S/C12H14ClFN4O/c13-12-16-4-7(14)11(18-12)17-9-6-2-1-5(3-6)8(9)10(15)19/h4-6,8-9H,1-3H2,(H2,15,19)(H,16,17,18)/t5-,6-,8-,9+/m0/s1. The van der Waals surface area contributed by atoms with Crippen molar-refractivity contribution in [3.05, 3.63) is 17.3 Å². The first-order valence-electron chi connectivity index (χ1n) is 6.30. The van der Waals surface area contributed by atoms with E-state index in [9.17, 15) is 9.18 Å². The Balaban J connectivity index is 1.85. The van der Waals surface area contributed by atoms with E-state index in [1.807, 2.05) is 0 Å². The van der Waals surface area contributed by atoms with E-state index in [0.717, 1.165) is 25.5 Å². The molecule has 1 heterocycles. The van der Waals surface area contributed by atoms with Gasteiger partial charge in [-0.25, -0.2) is 9.37 Å². The maximum atomic E-state index is 13.6. The molecule has 5 nitrogen and oxygen atoms in total. The Morgan fingerprint density at radius 2 is 2.21 bits per heavy atom. The molecule has 1 aromatic rings. The topological polar surface area (TPSA) is 80.9 Å². The molecule has 4 atom stereocenters. The van der Waals surface area contributed by atoms with E-state index >= 15 is 0 Å². The van der Waals surface area contributed by atoms with Crippen LogP contribution in [-0.4, -0.2) is 21.9 Å². The predicted octanol–water partition coefficient (Wildman–Crippen LogP) is 1.58. The van der Waals surface area contributed by atoms with E-state index in [1.165, 1.54) is 0 Å². The third kappa shape index (κ3) is 2.14. The van der Waals surface area contributed by atoms with Crippen LogP contribution in [0.5, 0.6) is 0 Å². The zero-order valence-electron chi connectivity index (χ0n) is 10.1. The molecule has 19 heavy (non-hydrogen) atoms. The van der Waals surface area contributed by atoms with Gasteiger partial charge in [-0.15, -0.1) is 0 Å². The fourth-order valence-corrected chi connectivity index (χ4v) is 3.65. The SMILES string of the molecule is NC(=O)[C@H]1[C@H]2CC[C@@H](C2)[C@H]1Nc1nc(Cl)ncc1F. The first kappa shape index (κ1) is 12.6. The van der Waals surface area contributed by atoms with E-state index in [4.69, 9.17) is 17.3 Å². The smallest absolute Gasteiger partial charge is 0.224 e. The van der Waals surface area contributed by atoms with Crippen molar-refractivity contribution in [3.63, 3.8) is 0 Å². The number of aromatic nitrogens is 2. The molecule has 0 unspecified atom stereocenters. The van der Waals surface area contributed by atoms with Gasteiger partial charge >= 0.3 is 0 Å². The molecule has 1 amide bonds. The molecule has 2 aliphatic carbocycles. The molecule has 1 aromatic heterocycles. The van der Waals surface area contributed by atoms with Gasteiger partial charge in [-0.05, 0) is 42.7 Å². The van der Waals surface area contributed by atoms with E-state index in [1.54, 1.807) is 0 Å². The summed E-state index contributed by atoms with van der Waals surface area (Å²) in [5.74, 6) is -0.465. The fourth-order valence-electron chi connectivity index (χ4n) is 3.51. The van der Waals surface area contributed by atoms with Gasteiger partial charge in [0.05, 0.1) is 12.1 Å². The van der Waals surface area contributed by atoms with Gasteiger partial charge in [0.2, 0.25) is 11.2 Å². The summed E-state index contributed by atoms with van der Waals surface area (Å²) in [6, 6.07) is -0.156. The minimum absolute atomic E-state index is 0.0253. The van der Waals surface area contributed by atoms with Crippen molar-refractivity contribution in [1.29, 1.82) is 0 Å². The molecule has 2 saturated carbocycles. The Morgan fingerprint density at radius 3 is 2.95 bits per heavy atom. The van der Waals surface area contributed by atoms with E-state index in [-0.39, 0.29) is 29.0 Å². The van der Waals surface area contributed by atoms with Gasteiger partial charge in [0.15, 0.2) is 11.6 Å². The van der Waals surface area contributed by atoms with Gasteiger partial charge in [-0.3, -0.25) is 4.79 Å². The number of rotatable bonds is 3. The number of carbonyl (C=O) groups excluding carboxylic acids is 1. The highest BCUT2D eigenvalue weighted by atomic mass is 35.5. The average Bonchev–Trinajstić information content (AvgIpc) is 2.94. The number of fused-ring (bicyclic) bond motifs is 2. The molecule has 7 heteroatoms. The van der Waals surface area contributed by atoms with Crippen LogP contribution in [-0.2, 0) is 4.79 Å². The normalized spacial score (nSPS) is 32.5. The minimum atomic E-state index is -0.574. The highest BCUT2D eigenvalue weighted by molar-refractivity contribution is 6.28. The number of anilines is 1. The van der Waals surface area contributed by atoms with Crippen LogP contribution >= 0.6 is 11.6 Å². The van der Waals surface area contributed by atoms with Crippen molar-refractivity contribution in [1.82, 2.24) is 9.97 Å². The Bertz CT molecular complexity index is 526. The van der Waals surface area contributed by atoms with Crippen LogP contribution in [0.1, 0.15) is 19.3 Å². The molecule has 0 aromatic carbocycles. The van der Waals surface area contributed by atoms with Crippen molar-refractivity contribution in [3.8, 4) is 0 Å². The van der Waals surface area contributed by atoms with E-state index < -0.39 is 5.82 Å². The van der Waals surface area contributed by atoms with Crippen LogP contribution in [0.3, 0.4) is 0 Å². The molecule has 2 fully saturated rings. The number of primary amides is 1. The van der Waals surface area contributed by atoms with Gasteiger partial charge in [0.25, 0.3) is 0 Å². The van der Waals surface area contributed by atoms with Gasteiger partial charge in [-0.1, -0.05) is 0 Å². The largest absolute Gasteiger partial charge is 0.369 e. The van der Waals surface area contributed by atoms with Gasteiger partial charge in [0.1, 0.15) is 0 Å². The van der Waals surface area contributed by atoms with Crippen molar-refractivity contribution in [2.75, 3.05) is 5.32 Å². The third-order valence-corrected chi connectivity index (χ3v) is 4.45. The van der Waals surface area contributed by atoms with Crippen molar-refractivity contribution in [2.24, 2.45) is 23.5 Å². The summed E-state index contributed by atoms with van der Waals surface area (Å²) in [5, 5.41) is 2.98. The van der Waals surface area contributed by atoms with Crippen LogP contribution in [0.15, 0.2) is 6.20 Å². The summed E-state index contributed by atoms with van der Waals surface area (Å²) >= 11 is 5.66. The molecule has 2 aliphatic rings. The molecule has 3 N–H and O–H groups in total. The maximum absolute atomic E-state index is 13.6. The number of amides is 1. The fraction of sp³-hybridized carbons (Fsp3) is 0.583. The summed E-state index contributed by atoms with van der Waals surface area (Å²) in [7, 11) is 0. The number of nitrogens with two attached hydrogens (primary N) is 1. The second-order valence-corrected chi connectivity index (χ2v) is 5.61. The number of hydrogen-bond acceptors (Lipinski definition) is 4. The highest BCUT2D eigenvalue weighted by Crippen LogP contribution is 2.49. The molecule has 0 saturated heterocycles.